The molecule has 6 nitrogen and oxygen atoms in total. The van der Waals surface area contributed by atoms with Gasteiger partial charge in [-0.15, -0.1) is 0 Å². The molecule has 0 radical (unpaired) electrons. The van der Waals surface area contributed by atoms with Gasteiger partial charge in [-0.2, -0.15) is 0 Å². The zero-order chi connectivity index (χ0) is 59.2. The summed E-state index contributed by atoms with van der Waals surface area (Å²) in [5.41, 5.74) is 0. The van der Waals surface area contributed by atoms with Crippen LogP contribution < -0.4 is 0 Å². The van der Waals surface area contributed by atoms with Crippen molar-refractivity contribution < 1.29 is 28.6 Å². The summed E-state index contributed by atoms with van der Waals surface area (Å²) < 4.78 is 16.8. The molecule has 0 aliphatic heterocycles. The van der Waals surface area contributed by atoms with Crippen molar-refractivity contribution in [3.63, 3.8) is 0 Å². The van der Waals surface area contributed by atoms with Crippen LogP contribution in [-0.2, 0) is 28.6 Å². The lowest BCUT2D eigenvalue weighted by molar-refractivity contribution is -0.167. The molecule has 0 spiro atoms. The molecule has 1 unspecified atom stereocenters. The molecule has 82 heavy (non-hydrogen) atoms. The van der Waals surface area contributed by atoms with Crippen LogP contribution in [0.25, 0.3) is 0 Å². The predicted molar refractivity (Wildman–Crippen MR) is 357 cm³/mol. The molecular formula is C76H118O6. The molecular weight excluding hydrogens is 1010 g/mol. The van der Waals surface area contributed by atoms with Crippen LogP contribution in [0.15, 0.2) is 182 Å². The standard InChI is InChI=1S/C76H118O6/c1-4-7-10-13-16-19-22-25-28-29-30-31-32-33-34-35-36-37-38-39-40-41-42-43-44-45-46-47-49-51-54-57-60-63-66-69-75(78)81-72-73(71-80-74(77)68-65-62-59-56-53-50-27-24-21-18-15-12-9-6-3)82-76(79)70-67-64-61-58-55-52-48-26-23-20-17-14-11-8-5-2/h7-8,10-11,16-17,19-20,24-28,30-31,33-34,36-37,39-40,42-43,45-46,48-49,51,55,58,73H,4-6,9,12-15,18,21-23,29,32,35,38,41,44,47,50,52-54,56-57,59-72H2,1-3H3/b10-7-,11-8-,19-16-,20-17-,27-24-,28-25-,31-30-,34-33-,37-36-,40-39-,43-42-,46-45-,48-26-,51-49-,58-55-. The van der Waals surface area contributed by atoms with E-state index in [9.17, 15) is 14.4 Å². The SMILES string of the molecule is CC/C=C\C/C=C\C/C=C\C/C=C\C/C=C\C/C=C\C/C=C\C/C=C\C/C=C\C/C=C\CCCCCCC(=O)OCC(COC(=O)CCCCCCC/C=C\CCCCCCC)OC(=O)CCCC/C=C\C/C=C\C/C=C\C/C=C\CC. The molecule has 0 bridgehead atoms. The van der Waals surface area contributed by atoms with Crippen molar-refractivity contribution in [3.8, 4) is 0 Å². The minimum absolute atomic E-state index is 0.115. The Morgan fingerprint density at radius 2 is 0.476 bits per heavy atom. The van der Waals surface area contributed by atoms with Crippen molar-refractivity contribution in [1.29, 1.82) is 0 Å². The number of hydrogen-bond donors (Lipinski definition) is 0. The van der Waals surface area contributed by atoms with Crippen LogP contribution in [0, 0.1) is 0 Å². The number of allylic oxidation sites excluding steroid dienone is 30. The molecule has 0 aromatic heterocycles. The van der Waals surface area contributed by atoms with E-state index in [0.717, 1.165) is 167 Å². The molecule has 0 saturated carbocycles. The minimum Gasteiger partial charge on any atom is -0.462 e. The smallest absolute Gasteiger partial charge is 0.306 e. The van der Waals surface area contributed by atoms with Crippen molar-refractivity contribution >= 4 is 17.9 Å². The lowest BCUT2D eigenvalue weighted by Gasteiger charge is -2.18. The van der Waals surface area contributed by atoms with Gasteiger partial charge in [-0.3, -0.25) is 14.4 Å². The van der Waals surface area contributed by atoms with Crippen LogP contribution in [0.2, 0.25) is 0 Å². The second-order valence-electron chi connectivity index (χ2n) is 20.9. The highest BCUT2D eigenvalue weighted by Crippen LogP contribution is 2.13. The molecule has 0 heterocycles. The van der Waals surface area contributed by atoms with Gasteiger partial charge in [-0.1, -0.05) is 261 Å². The van der Waals surface area contributed by atoms with Crippen molar-refractivity contribution in [2.24, 2.45) is 0 Å². The highest BCUT2D eigenvalue weighted by Gasteiger charge is 2.19. The molecule has 0 amide bonds. The molecule has 6 heteroatoms. The first-order chi connectivity index (χ1) is 40.5. The van der Waals surface area contributed by atoms with E-state index in [2.05, 4.69) is 203 Å². The Bertz CT molecular complexity index is 1920. The van der Waals surface area contributed by atoms with Crippen molar-refractivity contribution in [3.05, 3.63) is 182 Å². The van der Waals surface area contributed by atoms with Crippen LogP contribution in [0.3, 0.4) is 0 Å². The largest absolute Gasteiger partial charge is 0.462 e. The fraction of sp³-hybridized carbons (Fsp3) is 0.566. The topological polar surface area (TPSA) is 78.9 Å². The maximum absolute atomic E-state index is 12.9. The molecule has 0 aromatic carbocycles. The Kier molecular flexibility index (Phi) is 63.5. The first-order valence-electron chi connectivity index (χ1n) is 32.8. The van der Waals surface area contributed by atoms with Gasteiger partial charge in [0.2, 0.25) is 0 Å². The third-order valence-corrected chi connectivity index (χ3v) is 13.1. The van der Waals surface area contributed by atoms with Crippen LogP contribution >= 0.6 is 0 Å². The third-order valence-electron chi connectivity index (χ3n) is 13.1. The number of rotatable bonds is 57. The fourth-order valence-electron chi connectivity index (χ4n) is 8.28. The zero-order valence-electron chi connectivity index (χ0n) is 52.4. The van der Waals surface area contributed by atoms with Gasteiger partial charge in [0.1, 0.15) is 13.2 Å². The molecule has 0 fully saturated rings. The first kappa shape index (κ1) is 76.5. The summed E-state index contributed by atoms with van der Waals surface area (Å²) in [6, 6.07) is 0. The average Bonchev–Trinajstić information content (AvgIpc) is 3.48. The Morgan fingerprint density at radius 1 is 0.256 bits per heavy atom. The number of hydrogen-bond acceptors (Lipinski definition) is 6. The Balaban J connectivity index is 4.39. The molecule has 1 atom stereocenters. The Labute approximate surface area is 504 Å². The van der Waals surface area contributed by atoms with E-state index in [-0.39, 0.29) is 37.5 Å². The quantitative estimate of drug-likeness (QED) is 0.0261. The Hall–Kier alpha value is -5.49. The third kappa shape index (κ3) is 65.3. The van der Waals surface area contributed by atoms with Gasteiger partial charge in [-0.25, -0.2) is 0 Å². The number of carbonyl (C=O) groups is 3. The lowest BCUT2D eigenvalue weighted by atomic mass is 10.1. The molecule has 0 saturated heterocycles. The van der Waals surface area contributed by atoms with E-state index < -0.39 is 6.10 Å². The van der Waals surface area contributed by atoms with Gasteiger partial charge >= 0.3 is 17.9 Å². The Morgan fingerprint density at radius 3 is 0.780 bits per heavy atom. The molecule has 0 rings (SSSR count). The molecule has 0 aliphatic rings. The van der Waals surface area contributed by atoms with Crippen LogP contribution in [-0.4, -0.2) is 37.2 Å². The van der Waals surface area contributed by atoms with E-state index in [4.69, 9.17) is 14.2 Å². The van der Waals surface area contributed by atoms with E-state index >= 15 is 0 Å². The van der Waals surface area contributed by atoms with Gasteiger partial charge in [0.25, 0.3) is 0 Å². The van der Waals surface area contributed by atoms with E-state index in [1.54, 1.807) is 0 Å². The molecule has 458 valence electrons. The minimum atomic E-state index is -0.824. The second kappa shape index (κ2) is 68.0. The average molecular weight is 1130 g/mol. The molecule has 0 N–H and O–H groups in total. The van der Waals surface area contributed by atoms with Gasteiger partial charge in [0.15, 0.2) is 6.10 Å². The summed E-state index contributed by atoms with van der Waals surface area (Å²) in [5, 5.41) is 0. The van der Waals surface area contributed by atoms with Crippen molar-refractivity contribution in [1.82, 2.24) is 0 Å². The van der Waals surface area contributed by atoms with E-state index in [1.807, 2.05) is 0 Å². The summed E-state index contributed by atoms with van der Waals surface area (Å²) in [4.78, 5) is 38.3. The summed E-state index contributed by atoms with van der Waals surface area (Å²) >= 11 is 0. The number of esters is 3. The maximum atomic E-state index is 12.9. The molecule has 0 aliphatic carbocycles. The number of unbranched alkanes of at least 4 members (excludes halogenated alkanes) is 16. The van der Waals surface area contributed by atoms with Crippen LogP contribution in [0.1, 0.15) is 258 Å². The monoisotopic (exact) mass is 1130 g/mol. The van der Waals surface area contributed by atoms with Crippen LogP contribution in [0.5, 0.6) is 0 Å². The number of ether oxygens (including phenoxy) is 3. The number of carbonyl (C=O) groups excluding carboxylic acids is 3. The van der Waals surface area contributed by atoms with E-state index in [1.165, 1.54) is 44.9 Å². The molecule has 0 aromatic rings. The van der Waals surface area contributed by atoms with E-state index in [0.29, 0.717) is 19.3 Å². The van der Waals surface area contributed by atoms with Gasteiger partial charge < -0.3 is 14.2 Å². The summed E-state index contributed by atoms with van der Waals surface area (Å²) in [5.74, 6) is -0.998. The summed E-state index contributed by atoms with van der Waals surface area (Å²) in [6.45, 7) is 6.33. The summed E-state index contributed by atoms with van der Waals surface area (Å²) in [7, 11) is 0. The van der Waals surface area contributed by atoms with Crippen LogP contribution in [0.4, 0.5) is 0 Å². The highest BCUT2D eigenvalue weighted by molar-refractivity contribution is 5.71. The second-order valence-corrected chi connectivity index (χ2v) is 20.9. The zero-order valence-corrected chi connectivity index (χ0v) is 52.4. The van der Waals surface area contributed by atoms with Gasteiger partial charge in [0, 0.05) is 19.3 Å². The summed E-state index contributed by atoms with van der Waals surface area (Å²) in [6.07, 6.45) is 102. The van der Waals surface area contributed by atoms with Gasteiger partial charge in [-0.05, 0) is 161 Å². The van der Waals surface area contributed by atoms with Crippen molar-refractivity contribution in [2.45, 2.75) is 264 Å². The normalized spacial score (nSPS) is 13.4. The maximum Gasteiger partial charge on any atom is 0.306 e. The first-order valence-corrected chi connectivity index (χ1v) is 32.8. The van der Waals surface area contributed by atoms with Crippen molar-refractivity contribution in [2.75, 3.05) is 13.2 Å². The fourth-order valence-corrected chi connectivity index (χ4v) is 8.28. The highest BCUT2D eigenvalue weighted by atomic mass is 16.6. The predicted octanol–water partition coefficient (Wildman–Crippen LogP) is 22.8. The lowest BCUT2D eigenvalue weighted by Crippen LogP contribution is -2.30. The van der Waals surface area contributed by atoms with Gasteiger partial charge in [0.05, 0.1) is 0 Å².